The minimum Gasteiger partial charge on any atom is -0.334 e. The third-order valence-electron chi connectivity index (χ3n) is 5.37. The first-order chi connectivity index (χ1) is 15.2. The van der Waals surface area contributed by atoms with Crippen LogP contribution in [0.2, 0.25) is 5.02 Å². The summed E-state index contributed by atoms with van der Waals surface area (Å²) < 4.78 is 38.3. The summed E-state index contributed by atoms with van der Waals surface area (Å²) in [7, 11) is 0. The van der Waals surface area contributed by atoms with Crippen molar-refractivity contribution < 1.29 is 18.0 Å². The zero-order valence-corrected chi connectivity index (χ0v) is 18.0. The quantitative estimate of drug-likeness (QED) is 0.571. The minimum absolute atomic E-state index is 0.0188. The van der Waals surface area contributed by atoms with Crippen LogP contribution in [0.3, 0.4) is 0 Å². The molecular weight excluding hydrogens is 443 g/mol. The minimum atomic E-state index is -4.48. The van der Waals surface area contributed by atoms with E-state index in [4.69, 9.17) is 11.6 Å². The van der Waals surface area contributed by atoms with E-state index in [1.807, 2.05) is 36.1 Å². The van der Waals surface area contributed by atoms with Crippen LogP contribution >= 0.6 is 11.6 Å². The Kier molecular flexibility index (Phi) is 6.21. The van der Waals surface area contributed by atoms with E-state index in [0.29, 0.717) is 37.4 Å². The fourth-order valence-electron chi connectivity index (χ4n) is 3.77. The number of pyridine rings is 2. The lowest BCUT2D eigenvalue weighted by atomic mass is 10.1. The van der Waals surface area contributed by atoms with E-state index in [-0.39, 0.29) is 17.1 Å². The van der Waals surface area contributed by atoms with Gasteiger partial charge in [-0.1, -0.05) is 23.7 Å². The number of rotatable bonds is 4. The Morgan fingerprint density at radius 3 is 2.81 bits per heavy atom. The predicted molar refractivity (Wildman–Crippen MR) is 117 cm³/mol. The standard InChI is InChI=1S/C22H21ClF3N5O/c1-13-7-17-14(9-27-13)3-2-4-19(17)30-21(32)29-16-5-6-31(11-16)12-20-18(23)8-15(10-28-20)22(24,25)26/h2-4,7-10,16H,5-6,11-12H2,1H3,(H2,29,30,32). The van der Waals surface area contributed by atoms with E-state index in [9.17, 15) is 18.0 Å². The number of amides is 2. The normalized spacial score (nSPS) is 17.0. The van der Waals surface area contributed by atoms with Crippen molar-refractivity contribution in [2.75, 3.05) is 18.4 Å². The molecule has 6 nitrogen and oxygen atoms in total. The van der Waals surface area contributed by atoms with Crippen LogP contribution in [0.5, 0.6) is 0 Å². The number of carbonyl (C=O) groups excluding carboxylic acids is 1. The average molecular weight is 464 g/mol. The van der Waals surface area contributed by atoms with Crippen LogP contribution in [0.4, 0.5) is 23.7 Å². The summed E-state index contributed by atoms with van der Waals surface area (Å²) in [6.07, 6.45) is -1.21. The molecule has 168 valence electrons. The van der Waals surface area contributed by atoms with E-state index < -0.39 is 11.7 Å². The van der Waals surface area contributed by atoms with Crippen molar-refractivity contribution in [2.45, 2.75) is 32.1 Å². The van der Waals surface area contributed by atoms with Crippen LogP contribution < -0.4 is 10.6 Å². The summed E-state index contributed by atoms with van der Waals surface area (Å²) >= 11 is 6.01. The van der Waals surface area contributed by atoms with E-state index in [2.05, 4.69) is 20.6 Å². The molecule has 0 aliphatic carbocycles. The van der Waals surface area contributed by atoms with Gasteiger partial charge in [0.25, 0.3) is 0 Å². The van der Waals surface area contributed by atoms with Crippen molar-refractivity contribution in [3.8, 4) is 0 Å². The molecule has 2 N–H and O–H groups in total. The molecule has 1 aliphatic rings. The van der Waals surface area contributed by atoms with Crippen LogP contribution in [-0.4, -0.2) is 40.0 Å². The fourth-order valence-corrected chi connectivity index (χ4v) is 4.00. The summed E-state index contributed by atoms with van der Waals surface area (Å²) in [6, 6.07) is 8.02. The second kappa shape index (κ2) is 8.91. The van der Waals surface area contributed by atoms with Crippen LogP contribution in [0.25, 0.3) is 10.8 Å². The lowest BCUT2D eigenvalue weighted by molar-refractivity contribution is -0.137. The van der Waals surface area contributed by atoms with Gasteiger partial charge in [-0.15, -0.1) is 0 Å². The number of anilines is 1. The SMILES string of the molecule is Cc1cc2c(NC(=O)NC3CCN(Cc4ncc(C(F)(F)F)cc4Cl)C3)cccc2cn1. The second-order valence-corrected chi connectivity index (χ2v) is 8.23. The van der Waals surface area contributed by atoms with E-state index in [1.165, 1.54) is 0 Å². The number of fused-ring (bicyclic) bond motifs is 1. The molecule has 32 heavy (non-hydrogen) atoms. The van der Waals surface area contributed by atoms with Crippen molar-refractivity contribution in [2.24, 2.45) is 0 Å². The summed E-state index contributed by atoms with van der Waals surface area (Å²) in [4.78, 5) is 22.7. The lowest BCUT2D eigenvalue weighted by Gasteiger charge is -2.18. The highest BCUT2D eigenvalue weighted by Gasteiger charge is 2.32. The number of benzene rings is 1. The van der Waals surface area contributed by atoms with E-state index >= 15 is 0 Å². The zero-order valence-electron chi connectivity index (χ0n) is 17.2. The van der Waals surface area contributed by atoms with Gasteiger partial charge < -0.3 is 10.6 Å². The topological polar surface area (TPSA) is 70.2 Å². The monoisotopic (exact) mass is 463 g/mol. The predicted octanol–water partition coefficient (Wildman–Crippen LogP) is 5.01. The number of nitrogens with one attached hydrogen (secondary N) is 2. The van der Waals surface area contributed by atoms with Gasteiger partial charge in [0.2, 0.25) is 0 Å². The number of likely N-dealkylation sites (tertiary alicyclic amines) is 1. The lowest BCUT2D eigenvalue weighted by Crippen LogP contribution is -2.39. The van der Waals surface area contributed by atoms with E-state index in [1.54, 1.807) is 6.20 Å². The number of urea groups is 1. The van der Waals surface area contributed by atoms with Crippen molar-refractivity contribution in [1.29, 1.82) is 0 Å². The number of aromatic nitrogens is 2. The molecule has 10 heteroatoms. The van der Waals surface area contributed by atoms with Crippen LogP contribution in [0.1, 0.15) is 23.4 Å². The highest BCUT2D eigenvalue weighted by atomic mass is 35.5. The number of carbonyl (C=O) groups is 1. The molecule has 4 rings (SSSR count). The first kappa shape index (κ1) is 22.3. The Bertz CT molecular complexity index is 1150. The maximum atomic E-state index is 12.8. The highest BCUT2D eigenvalue weighted by Crippen LogP contribution is 2.31. The van der Waals surface area contributed by atoms with Crippen molar-refractivity contribution >= 4 is 34.1 Å². The Hall–Kier alpha value is -2.91. The molecule has 3 heterocycles. The van der Waals surface area contributed by atoms with Crippen molar-refractivity contribution in [1.82, 2.24) is 20.2 Å². The molecular formula is C22H21ClF3N5O. The Balaban J connectivity index is 1.35. The molecule has 0 spiro atoms. The summed E-state index contributed by atoms with van der Waals surface area (Å²) in [5.41, 5.74) is 1.06. The number of nitrogens with zero attached hydrogens (tertiary/aromatic N) is 3. The zero-order chi connectivity index (χ0) is 22.9. The number of aryl methyl sites for hydroxylation is 1. The third-order valence-corrected chi connectivity index (χ3v) is 5.70. The number of hydrogen-bond acceptors (Lipinski definition) is 4. The maximum Gasteiger partial charge on any atom is 0.417 e. The number of alkyl halides is 3. The van der Waals surface area contributed by atoms with Gasteiger partial charge in [0.15, 0.2) is 0 Å². The largest absolute Gasteiger partial charge is 0.417 e. The smallest absolute Gasteiger partial charge is 0.334 e. The molecule has 0 radical (unpaired) electrons. The van der Waals surface area contributed by atoms with Crippen molar-refractivity contribution in [3.05, 3.63) is 64.7 Å². The van der Waals surface area contributed by atoms with Crippen LogP contribution in [-0.2, 0) is 12.7 Å². The summed E-state index contributed by atoms with van der Waals surface area (Å²) in [5.74, 6) is 0. The molecule has 1 saturated heterocycles. The van der Waals surface area contributed by atoms with Gasteiger partial charge >= 0.3 is 12.2 Å². The van der Waals surface area contributed by atoms with E-state index in [0.717, 1.165) is 28.7 Å². The highest BCUT2D eigenvalue weighted by molar-refractivity contribution is 6.31. The molecule has 1 unspecified atom stereocenters. The second-order valence-electron chi connectivity index (χ2n) is 7.82. The summed E-state index contributed by atoms with van der Waals surface area (Å²) in [6.45, 7) is 3.42. The number of hydrogen-bond donors (Lipinski definition) is 2. The van der Waals surface area contributed by atoms with Gasteiger partial charge in [-0.2, -0.15) is 13.2 Å². The average Bonchev–Trinajstić information content (AvgIpc) is 3.16. The van der Waals surface area contributed by atoms with Gasteiger partial charge in [0.05, 0.1) is 22.0 Å². The van der Waals surface area contributed by atoms with Gasteiger partial charge in [0, 0.05) is 54.5 Å². The van der Waals surface area contributed by atoms with Gasteiger partial charge in [0.1, 0.15) is 0 Å². The van der Waals surface area contributed by atoms with Crippen LogP contribution in [0.15, 0.2) is 42.7 Å². The fraction of sp³-hybridized carbons (Fsp3) is 0.318. The first-order valence-electron chi connectivity index (χ1n) is 10.1. The number of halogens is 4. The van der Waals surface area contributed by atoms with Crippen LogP contribution in [0, 0.1) is 6.92 Å². The molecule has 1 atom stereocenters. The maximum absolute atomic E-state index is 12.8. The molecule has 0 bridgehead atoms. The first-order valence-corrected chi connectivity index (χ1v) is 10.4. The van der Waals surface area contributed by atoms with Gasteiger partial charge in [-0.3, -0.25) is 14.9 Å². The Morgan fingerprint density at radius 1 is 1.25 bits per heavy atom. The Labute approximate surface area is 187 Å². The Morgan fingerprint density at radius 2 is 2.06 bits per heavy atom. The molecule has 2 aromatic heterocycles. The molecule has 1 aromatic carbocycles. The molecule has 1 fully saturated rings. The summed E-state index contributed by atoms with van der Waals surface area (Å²) in [5, 5.41) is 7.67. The van der Waals surface area contributed by atoms with Gasteiger partial charge in [-0.25, -0.2) is 4.79 Å². The van der Waals surface area contributed by atoms with Crippen molar-refractivity contribution in [3.63, 3.8) is 0 Å². The third kappa shape index (κ3) is 5.11. The molecule has 3 aromatic rings. The van der Waals surface area contributed by atoms with Gasteiger partial charge in [-0.05, 0) is 31.5 Å². The molecule has 1 aliphatic heterocycles. The molecule has 2 amide bonds. The molecule has 0 saturated carbocycles.